The van der Waals surface area contributed by atoms with Gasteiger partial charge in [0.2, 0.25) is 5.91 Å². The van der Waals surface area contributed by atoms with E-state index >= 15 is 0 Å². The number of rotatable bonds is 4. The highest BCUT2D eigenvalue weighted by atomic mass is 19.3. The molecule has 0 aromatic carbocycles. The van der Waals surface area contributed by atoms with Gasteiger partial charge >= 0.3 is 0 Å². The minimum absolute atomic E-state index is 0.243. The van der Waals surface area contributed by atoms with Crippen molar-refractivity contribution in [2.75, 3.05) is 5.32 Å². The second-order valence-corrected chi connectivity index (χ2v) is 6.44. The monoisotopic (exact) mass is 333 g/mol. The first kappa shape index (κ1) is 15.2. The van der Waals surface area contributed by atoms with Crippen LogP contribution in [0.1, 0.15) is 37.2 Å². The van der Waals surface area contributed by atoms with Crippen LogP contribution in [-0.2, 0) is 11.8 Å². The summed E-state index contributed by atoms with van der Waals surface area (Å²) in [5, 5.41) is 7.10. The van der Waals surface area contributed by atoms with Gasteiger partial charge < -0.3 is 5.32 Å². The van der Waals surface area contributed by atoms with Gasteiger partial charge in [-0.25, -0.2) is 18.7 Å². The van der Waals surface area contributed by atoms with Gasteiger partial charge in [0.05, 0.1) is 0 Å². The van der Waals surface area contributed by atoms with Crippen molar-refractivity contribution in [2.45, 2.75) is 37.5 Å². The second kappa shape index (κ2) is 5.32. The van der Waals surface area contributed by atoms with Crippen molar-refractivity contribution < 1.29 is 13.6 Å². The molecule has 0 saturated heterocycles. The van der Waals surface area contributed by atoms with Crippen LogP contribution in [0.15, 0.2) is 18.5 Å². The van der Waals surface area contributed by atoms with Crippen molar-refractivity contribution in [2.24, 2.45) is 13.0 Å². The Kier molecular flexibility index (Phi) is 3.36. The minimum Gasteiger partial charge on any atom is -0.310 e. The average molecular weight is 333 g/mol. The largest absolute Gasteiger partial charge is 0.310 e. The van der Waals surface area contributed by atoms with Crippen molar-refractivity contribution in [3.05, 3.63) is 24.0 Å². The number of aryl methyl sites for hydroxylation is 1. The molecule has 126 valence electrons. The quantitative estimate of drug-likeness (QED) is 0.934. The van der Waals surface area contributed by atoms with Crippen molar-refractivity contribution in [3.8, 4) is 11.5 Å². The number of carbonyl (C=O) groups is 1. The smallest absolute Gasteiger partial charge is 0.260 e. The highest BCUT2D eigenvalue weighted by molar-refractivity contribution is 5.96. The molecule has 4 rings (SSSR count). The summed E-state index contributed by atoms with van der Waals surface area (Å²) in [6, 6.07) is 1.72. The Morgan fingerprint density at radius 1 is 1.33 bits per heavy atom. The minimum atomic E-state index is -2.88. The molecule has 0 unspecified atom stereocenters. The Morgan fingerprint density at radius 3 is 2.54 bits per heavy atom. The number of nitrogens with one attached hydrogen (secondary N) is 1. The van der Waals surface area contributed by atoms with Gasteiger partial charge in [-0.15, -0.1) is 0 Å². The van der Waals surface area contributed by atoms with E-state index in [0.717, 1.165) is 24.8 Å². The highest BCUT2D eigenvalue weighted by Gasteiger charge is 2.61. The van der Waals surface area contributed by atoms with E-state index in [4.69, 9.17) is 0 Å². The van der Waals surface area contributed by atoms with E-state index in [0.29, 0.717) is 17.3 Å². The van der Waals surface area contributed by atoms with Crippen LogP contribution in [0, 0.1) is 5.92 Å². The van der Waals surface area contributed by atoms with E-state index in [1.165, 1.54) is 4.68 Å². The second-order valence-electron chi connectivity index (χ2n) is 6.44. The van der Waals surface area contributed by atoms with Gasteiger partial charge in [0.15, 0.2) is 5.82 Å². The molecule has 1 N–H and O–H groups in total. The summed E-state index contributed by atoms with van der Waals surface area (Å²) in [6.07, 6.45) is 5.93. The molecule has 0 aliphatic heterocycles. The Balaban J connectivity index is 1.71. The third kappa shape index (κ3) is 2.46. The molecule has 0 bridgehead atoms. The van der Waals surface area contributed by atoms with E-state index in [9.17, 15) is 13.6 Å². The highest BCUT2D eigenvalue weighted by Crippen LogP contribution is 2.50. The van der Waals surface area contributed by atoms with Gasteiger partial charge in [-0.3, -0.25) is 9.48 Å². The molecule has 2 fully saturated rings. The molecule has 2 aliphatic carbocycles. The summed E-state index contributed by atoms with van der Waals surface area (Å²) in [7, 11) is 1.69. The number of halogens is 2. The number of hydrogen-bond donors (Lipinski definition) is 1. The fraction of sp³-hybridized carbons (Fsp3) is 0.500. The molecule has 2 aromatic heterocycles. The van der Waals surface area contributed by atoms with E-state index < -0.39 is 17.7 Å². The van der Waals surface area contributed by atoms with E-state index in [2.05, 4.69) is 20.4 Å². The lowest BCUT2D eigenvalue weighted by molar-refractivity contribution is -0.119. The predicted octanol–water partition coefficient (Wildman–Crippen LogP) is 2.74. The van der Waals surface area contributed by atoms with Crippen LogP contribution in [0.25, 0.3) is 11.5 Å². The van der Waals surface area contributed by atoms with E-state index in [1.54, 1.807) is 25.5 Å². The number of carbonyl (C=O) groups excluding carboxylic acids is 1. The molecule has 8 heteroatoms. The Morgan fingerprint density at radius 2 is 2.00 bits per heavy atom. The first-order valence-corrected chi connectivity index (χ1v) is 8.00. The first-order chi connectivity index (χ1) is 11.5. The van der Waals surface area contributed by atoms with Crippen LogP contribution >= 0.6 is 0 Å². The Labute approximate surface area is 137 Å². The molecular formula is C16H17F2N5O. The van der Waals surface area contributed by atoms with Crippen LogP contribution in [0.3, 0.4) is 0 Å². The SMILES string of the molecule is Cn1nc(-c2ncccn2)c(C2CCC2)c1NC(=O)[C@H]1CC1(F)F. The number of aromatic nitrogens is 4. The van der Waals surface area contributed by atoms with Crippen LogP contribution < -0.4 is 5.32 Å². The van der Waals surface area contributed by atoms with Gasteiger partial charge in [0.25, 0.3) is 5.92 Å². The van der Waals surface area contributed by atoms with Gasteiger partial charge in [-0.05, 0) is 24.8 Å². The van der Waals surface area contributed by atoms with E-state index in [-0.39, 0.29) is 12.3 Å². The zero-order valence-corrected chi connectivity index (χ0v) is 13.2. The number of nitrogens with zero attached hydrogens (tertiary/aromatic N) is 4. The number of amides is 1. The predicted molar refractivity (Wildman–Crippen MR) is 82.5 cm³/mol. The third-order valence-electron chi connectivity index (χ3n) is 4.76. The maximum atomic E-state index is 13.2. The molecule has 1 atom stereocenters. The zero-order valence-electron chi connectivity index (χ0n) is 13.2. The lowest BCUT2D eigenvalue weighted by Gasteiger charge is -2.26. The van der Waals surface area contributed by atoms with Crippen molar-refractivity contribution >= 4 is 11.7 Å². The molecule has 2 aromatic rings. The fourth-order valence-corrected chi connectivity index (χ4v) is 3.06. The van der Waals surface area contributed by atoms with Crippen LogP contribution in [0.2, 0.25) is 0 Å². The fourth-order valence-electron chi connectivity index (χ4n) is 3.06. The lowest BCUT2D eigenvalue weighted by Crippen LogP contribution is -2.21. The summed E-state index contributed by atoms with van der Waals surface area (Å²) >= 11 is 0. The van der Waals surface area contributed by atoms with Crippen LogP contribution in [0.4, 0.5) is 14.6 Å². The third-order valence-corrected chi connectivity index (χ3v) is 4.76. The summed E-state index contributed by atoms with van der Waals surface area (Å²) in [5.74, 6) is -3.57. The molecule has 2 heterocycles. The molecular weight excluding hydrogens is 316 g/mol. The van der Waals surface area contributed by atoms with Gasteiger partial charge in [-0.2, -0.15) is 5.10 Å². The molecule has 2 aliphatic rings. The van der Waals surface area contributed by atoms with E-state index in [1.807, 2.05) is 0 Å². The molecule has 6 nitrogen and oxygen atoms in total. The standard InChI is InChI=1S/C16H17F2N5O/c1-23-14(21-15(24)10-8-16(10,17)18)11(9-4-2-5-9)12(22-23)13-19-6-3-7-20-13/h3,6-7,9-10H,2,4-5,8H2,1H3,(H,21,24)/t10-/m1/s1. The maximum absolute atomic E-state index is 13.2. The summed E-state index contributed by atoms with van der Waals surface area (Å²) < 4.78 is 27.8. The number of hydrogen-bond acceptors (Lipinski definition) is 4. The average Bonchev–Trinajstić information content (AvgIpc) is 3.05. The number of alkyl halides is 2. The normalized spacial score (nSPS) is 22.0. The Hall–Kier alpha value is -2.38. The Bertz CT molecular complexity index is 785. The summed E-state index contributed by atoms with van der Waals surface area (Å²) in [4.78, 5) is 20.6. The maximum Gasteiger partial charge on any atom is 0.260 e. The number of anilines is 1. The van der Waals surface area contributed by atoms with Gasteiger partial charge in [0.1, 0.15) is 17.4 Å². The van der Waals surface area contributed by atoms with Crippen molar-refractivity contribution in [3.63, 3.8) is 0 Å². The first-order valence-electron chi connectivity index (χ1n) is 8.00. The molecule has 0 spiro atoms. The molecule has 1 amide bonds. The summed E-state index contributed by atoms with van der Waals surface area (Å²) in [6.45, 7) is 0. The van der Waals surface area contributed by atoms with Gasteiger partial charge in [0, 0.05) is 31.4 Å². The molecule has 24 heavy (non-hydrogen) atoms. The zero-order chi connectivity index (χ0) is 16.9. The molecule has 2 saturated carbocycles. The van der Waals surface area contributed by atoms with Crippen molar-refractivity contribution in [1.29, 1.82) is 0 Å². The topological polar surface area (TPSA) is 72.7 Å². The summed E-state index contributed by atoms with van der Waals surface area (Å²) in [5.41, 5.74) is 1.47. The lowest BCUT2D eigenvalue weighted by atomic mass is 9.79. The molecule has 0 radical (unpaired) electrons. The van der Waals surface area contributed by atoms with Crippen molar-refractivity contribution in [1.82, 2.24) is 19.7 Å². The van der Waals surface area contributed by atoms with Crippen LogP contribution in [0.5, 0.6) is 0 Å². The van der Waals surface area contributed by atoms with Gasteiger partial charge in [-0.1, -0.05) is 6.42 Å². The van der Waals surface area contributed by atoms with Crippen LogP contribution in [-0.4, -0.2) is 31.6 Å².